The Bertz CT molecular complexity index is 142. The van der Waals surface area contributed by atoms with Crippen molar-refractivity contribution in [3.8, 4) is 0 Å². The van der Waals surface area contributed by atoms with Crippen LogP contribution < -0.4 is 0 Å². The number of halogens is 4. The third-order valence-electron chi connectivity index (χ3n) is 0.827. The van der Waals surface area contributed by atoms with Gasteiger partial charge in [0.05, 0.1) is 5.57 Å². The predicted molar refractivity (Wildman–Crippen MR) is 30.3 cm³/mol. The van der Waals surface area contributed by atoms with Crippen LogP contribution in [-0.4, -0.2) is 12.9 Å². The minimum absolute atomic E-state index is 0.611. The highest BCUT2D eigenvalue weighted by Gasteiger charge is 2.32. The first-order valence-electron chi connectivity index (χ1n) is 2.47. The highest BCUT2D eigenvalue weighted by Crippen LogP contribution is 2.25. The summed E-state index contributed by atoms with van der Waals surface area (Å²) in [5.41, 5.74) is -1.21. The van der Waals surface area contributed by atoms with Crippen molar-refractivity contribution in [2.75, 3.05) is 6.67 Å². The molecule has 0 saturated carbocycles. The molecule has 0 bridgehead atoms. The lowest BCUT2D eigenvalue weighted by atomic mass is 10.2. The molecule has 0 spiro atoms. The van der Waals surface area contributed by atoms with Gasteiger partial charge in [0, 0.05) is 0 Å². The van der Waals surface area contributed by atoms with Crippen molar-refractivity contribution in [3.63, 3.8) is 0 Å². The quantitative estimate of drug-likeness (QED) is 0.423. The number of hydrogen-bond donors (Lipinski definition) is 0. The molecule has 0 N–H and O–H groups in total. The molecule has 0 atom stereocenters. The topological polar surface area (TPSA) is 0 Å². The van der Waals surface area contributed by atoms with E-state index >= 15 is 0 Å². The van der Waals surface area contributed by atoms with E-state index in [2.05, 4.69) is 6.58 Å². The highest BCUT2D eigenvalue weighted by atomic mass is 19.4. The van der Waals surface area contributed by atoms with Crippen molar-refractivity contribution in [2.45, 2.75) is 6.18 Å². The molecule has 0 unspecified atom stereocenters. The number of rotatable bonds is 2. The summed E-state index contributed by atoms with van der Waals surface area (Å²) < 4.78 is 46.2. The average Bonchev–Trinajstić information content (AvgIpc) is 1.80. The second-order valence-corrected chi connectivity index (χ2v) is 1.56. The zero-order valence-electron chi connectivity index (χ0n) is 5.08. The van der Waals surface area contributed by atoms with Crippen LogP contribution in [-0.2, 0) is 0 Å². The monoisotopic (exact) mass is 154 g/mol. The number of alkyl halides is 4. The van der Waals surface area contributed by atoms with E-state index in [1.54, 1.807) is 0 Å². The molecule has 58 valence electrons. The van der Waals surface area contributed by atoms with Gasteiger partial charge < -0.3 is 0 Å². The van der Waals surface area contributed by atoms with Gasteiger partial charge in [-0.2, -0.15) is 13.2 Å². The van der Waals surface area contributed by atoms with Crippen molar-refractivity contribution >= 4 is 0 Å². The first-order valence-corrected chi connectivity index (χ1v) is 2.47. The molecule has 0 aliphatic carbocycles. The van der Waals surface area contributed by atoms with E-state index in [1.807, 2.05) is 0 Å². The molecule has 0 aliphatic heterocycles. The molecule has 0 heterocycles. The smallest absolute Gasteiger partial charge is 0.246 e. The van der Waals surface area contributed by atoms with E-state index in [0.717, 1.165) is 6.08 Å². The SMILES string of the molecule is C=CC=C(CF)C(F)(F)F. The molecule has 4 heteroatoms. The summed E-state index contributed by atoms with van der Waals surface area (Å²) in [6.07, 6.45) is -3.05. The van der Waals surface area contributed by atoms with Crippen molar-refractivity contribution in [1.82, 2.24) is 0 Å². The van der Waals surface area contributed by atoms with Gasteiger partial charge in [-0.3, -0.25) is 0 Å². The van der Waals surface area contributed by atoms with E-state index in [4.69, 9.17) is 0 Å². The molecule has 0 rings (SSSR count). The van der Waals surface area contributed by atoms with Crippen LogP contribution in [0.15, 0.2) is 24.3 Å². The molecule has 10 heavy (non-hydrogen) atoms. The lowest BCUT2D eigenvalue weighted by molar-refractivity contribution is -0.0949. The summed E-state index contributed by atoms with van der Waals surface area (Å²) in [5.74, 6) is 0. The van der Waals surface area contributed by atoms with Gasteiger partial charge in [0.1, 0.15) is 6.67 Å². The molecule has 0 radical (unpaired) electrons. The Kier molecular flexibility index (Phi) is 3.12. The Morgan fingerprint density at radius 1 is 1.40 bits per heavy atom. The van der Waals surface area contributed by atoms with Gasteiger partial charge in [-0.05, 0) is 0 Å². The molecule has 0 aromatic carbocycles. The lowest BCUT2D eigenvalue weighted by Crippen LogP contribution is -2.12. The minimum atomic E-state index is -4.57. The molecule has 0 nitrogen and oxygen atoms in total. The number of allylic oxidation sites excluding steroid dienone is 3. The molecule has 0 aromatic heterocycles. The zero-order valence-corrected chi connectivity index (χ0v) is 5.08. The van der Waals surface area contributed by atoms with Crippen LogP contribution >= 0.6 is 0 Å². The summed E-state index contributed by atoms with van der Waals surface area (Å²) in [6, 6.07) is 0. The normalized spacial score (nSPS) is 13.4. The minimum Gasteiger partial charge on any atom is -0.246 e. The van der Waals surface area contributed by atoms with Crippen LogP contribution in [0.3, 0.4) is 0 Å². The third kappa shape index (κ3) is 2.66. The lowest BCUT2D eigenvalue weighted by Gasteiger charge is -2.05. The molecular weight excluding hydrogens is 148 g/mol. The van der Waals surface area contributed by atoms with Gasteiger partial charge in [-0.25, -0.2) is 4.39 Å². The van der Waals surface area contributed by atoms with Gasteiger partial charge in [-0.15, -0.1) is 0 Å². The van der Waals surface area contributed by atoms with E-state index in [1.165, 1.54) is 0 Å². The maximum Gasteiger partial charge on any atom is 0.415 e. The Morgan fingerprint density at radius 2 is 1.90 bits per heavy atom. The average molecular weight is 154 g/mol. The summed E-state index contributed by atoms with van der Waals surface area (Å²) in [4.78, 5) is 0. The van der Waals surface area contributed by atoms with Gasteiger partial charge in [0.15, 0.2) is 0 Å². The van der Waals surface area contributed by atoms with Crippen molar-refractivity contribution in [2.24, 2.45) is 0 Å². The van der Waals surface area contributed by atoms with Crippen molar-refractivity contribution in [1.29, 1.82) is 0 Å². The summed E-state index contributed by atoms with van der Waals surface area (Å²) in [7, 11) is 0. The Hall–Kier alpha value is -0.800. The van der Waals surface area contributed by atoms with Crippen LogP contribution in [0.2, 0.25) is 0 Å². The van der Waals surface area contributed by atoms with Crippen LogP contribution in [0.25, 0.3) is 0 Å². The van der Waals surface area contributed by atoms with Gasteiger partial charge in [0.25, 0.3) is 0 Å². The standard InChI is InChI=1S/C6H6F4/c1-2-3-5(4-7)6(8,9)10/h2-3H,1,4H2. The van der Waals surface area contributed by atoms with Gasteiger partial charge in [0.2, 0.25) is 0 Å². The Labute approximate surface area is 55.8 Å². The fraction of sp³-hybridized carbons (Fsp3) is 0.333. The van der Waals surface area contributed by atoms with Crippen molar-refractivity contribution in [3.05, 3.63) is 24.3 Å². The van der Waals surface area contributed by atoms with E-state index in [0.29, 0.717) is 6.08 Å². The van der Waals surface area contributed by atoms with Crippen LogP contribution in [0.1, 0.15) is 0 Å². The number of hydrogen-bond acceptors (Lipinski definition) is 0. The first kappa shape index (κ1) is 9.20. The molecule has 0 fully saturated rings. The van der Waals surface area contributed by atoms with Crippen LogP contribution in [0, 0.1) is 0 Å². The fourth-order valence-electron chi connectivity index (χ4n) is 0.357. The summed E-state index contributed by atoms with van der Waals surface area (Å²) in [5, 5.41) is 0. The second kappa shape index (κ2) is 3.39. The molecule has 0 aliphatic rings. The fourth-order valence-corrected chi connectivity index (χ4v) is 0.357. The molecular formula is C6H6F4. The van der Waals surface area contributed by atoms with Crippen LogP contribution in [0.5, 0.6) is 0 Å². The van der Waals surface area contributed by atoms with Crippen LogP contribution in [0.4, 0.5) is 17.6 Å². The molecule has 0 saturated heterocycles. The second-order valence-electron chi connectivity index (χ2n) is 1.56. The van der Waals surface area contributed by atoms with E-state index < -0.39 is 18.4 Å². The molecule has 0 aromatic rings. The molecule has 0 amide bonds. The maximum atomic E-state index is 11.6. The summed E-state index contributed by atoms with van der Waals surface area (Å²) in [6.45, 7) is 1.51. The Morgan fingerprint density at radius 3 is 2.00 bits per heavy atom. The third-order valence-corrected chi connectivity index (χ3v) is 0.827. The van der Waals surface area contributed by atoms with Gasteiger partial charge in [-0.1, -0.05) is 18.7 Å². The zero-order chi connectivity index (χ0) is 8.20. The Balaban J connectivity index is 4.35. The van der Waals surface area contributed by atoms with Gasteiger partial charge >= 0.3 is 6.18 Å². The first-order chi connectivity index (χ1) is 4.52. The van der Waals surface area contributed by atoms with E-state index in [-0.39, 0.29) is 0 Å². The predicted octanol–water partition coefficient (Wildman–Crippen LogP) is 2.63. The maximum absolute atomic E-state index is 11.6. The summed E-state index contributed by atoms with van der Waals surface area (Å²) >= 11 is 0. The largest absolute Gasteiger partial charge is 0.415 e. The van der Waals surface area contributed by atoms with E-state index in [9.17, 15) is 17.6 Å². The van der Waals surface area contributed by atoms with Crippen molar-refractivity contribution < 1.29 is 17.6 Å². The highest BCUT2D eigenvalue weighted by molar-refractivity contribution is 5.15.